The lowest BCUT2D eigenvalue weighted by atomic mass is 10.00. The van der Waals surface area contributed by atoms with Gasteiger partial charge in [0.1, 0.15) is 11.8 Å². The summed E-state index contributed by atoms with van der Waals surface area (Å²) in [6.07, 6.45) is 0. The molecule has 0 fully saturated rings. The first-order valence-electron chi connectivity index (χ1n) is 8.08. The Bertz CT molecular complexity index is 939. The van der Waals surface area contributed by atoms with E-state index >= 15 is 0 Å². The normalized spacial score (nSPS) is 11.5. The second-order valence-electron chi connectivity index (χ2n) is 5.75. The van der Waals surface area contributed by atoms with Crippen LogP contribution in [0.4, 0.5) is 0 Å². The maximum absolute atomic E-state index is 12.2. The van der Waals surface area contributed by atoms with Crippen LogP contribution in [-0.2, 0) is 4.79 Å². The highest BCUT2D eigenvalue weighted by Gasteiger charge is 2.13. The lowest BCUT2D eigenvalue weighted by molar-refractivity contribution is -0.123. The van der Waals surface area contributed by atoms with Crippen molar-refractivity contribution in [1.29, 1.82) is 5.26 Å². The third-order valence-electron chi connectivity index (χ3n) is 4.03. The molecule has 0 spiro atoms. The Morgan fingerprint density at radius 2 is 1.80 bits per heavy atom. The molecule has 0 saturated carbocycles. The molecule has 1 N–H and O–H groups in total. The van der Waals surface area contributed by atoms with E-state index in [1.165, 1.54) is 0 Å². The number of hydrogen-bond acceptors (Lipinski definition) is 3. The third kappa shape index (κ3) is 3.78. The summed E-state index contributed by atoms with van der Waals surface area (Å²) in [4.78, 5) is 12.2. The Morgan fingerprint density at radius 3 is 2.64 bits per heavy atom. The number of nitriles is 1. The number of ether oxygens (including phenoxy) is 1. The molecule has 0 aliphatic carbocycles. The van der Waals surface area contributed by atoms with Crippen LogP contribution < -0.4 is 10.1 Å². The molecule has 0 aliphatic rings. The molecule has 4 heteroatoms. The fourth-order valence-electron chi connectivity index (χ4n) is 2.82. The quantitative estimate of drug-likeness (QED) is 0.770. The standard InChI is InChI=1S/C21H18N2O2/c1-15(18-11-6-9-16-7-2-4-10-19(16)18)23-21(24)14-25-20-12-5-3-8-17(20)13-22/h2-12,15H,14H2,1H3,(H,23,24). The molecule has 1 unspecified atom stereocenters. The Morgan fingerprint density at radius 1 is 1.08 bits per heavy atom. The van der Waals surface area contributed by atoms with Crippen molar-refractivity contribution >= 4 is 16.7 Å². The molecule has 0 radical (unpaired) electrons. The van der Waals surface area contributed by atoms with Crippen LogP contribution in [-0.4, -0.2) is 12.5 Å². The number of hydrogen-bond donors (Lipinski definition) is 1. The van der Waals surface area contributed by atoms with Crippen LogP contribution >= 0.6 is 0 Å². The van der Waals surface area contributed by atoms with Crippen molar-refractivity contribution in [3.05, 3.63) is 77.9 Å². The summed E-state index contributed by atoms with van der Waals surface area (Å²) in [5.41, 5.74) is 1.47. The average Bonchev–Trinajstić information content (AvgIpc) is 2.66. The van der Waals surface area contributed by atoms with Gasteiger partial charge in [-0.1, -0.05) is 54.6 Å². The zero-order chi connectivity index (χ0) is 17.6. The summed E-state index contributed by atoms with van der Waals surface area (Å²) >= 11 is 0. The van der Waals surface area contributed by atoms with E-state index in [2.05, 4.69) is 17.4 Å². The van der Waals surface area contributed by atoms with Gasteiger partial charge in [0, 0.05) is 0 Å². The van der Waals surface area contributed by atoms with Crippen LogP contribution in [0.25, 0.3) is 10.8 Å². The van der Waals surface area contributed by atoms with E-state index in [0.717, 1.165) is 16.3 Å². The summed E-state index contributed by atoms with van der Waals surface area (Å²) in [6.45, 7) is 1.82. The molecule has 1 atom stereocenters. The fourth-order valence-corrected chi connectivity index (χ4v) is 2.82. The molecule has 1 amide bonds. The molecule has 3 rings (SSSR count). The Labute approximate surface area is 146 Å². The van der Waals surface area contributed by atoms with Crippen LogP contribution in [0.1, 0.15) is 24.1 Å². The van der Waals surface area contributed by atoms with Crippen LogP contribution in [0, 0.1) is 11.3 Å². The molecular formula is C21H18N2O2. The maximum Gasteiger partial charge on any atom is 0.258 e. The largest absolute Gasteiger partial charge is 0.482 e. The molecule has 25 heavy (non-hydrogen) atoms. The first kappa shape index (κ1) is 16.5. The number of benzene rings is 3. The Hall–Kier alpha value is -3.32. The van der Waals surface area contributed by atoms with E-state index in [0.29, 0.717) is 11.3 Å². The minimum atomic E-state index is -0.229. The number of nitrogens with zero attached hydrogens (tertiary/aromatic N) is 1. The fraction of sp³-hybridized carbons (Fsp3) is 0.143. The van der Waals surface area contributed by atoms with Crippen molar-refractivity contribution in [2.45, 2.75) is 13.0 Å². The molecule has 0 aliphatic heterocycles. The van der Waals surface area contributed by atoms with Crippen molar-refractivity contribution in [1.82, 2.24) is 5.32 Å². The SMILES string of the molecule is CC(NC(=O)COc1ccccc1C#N)c1cccc2ccccc12. The predicted molar refractivity (Wildman–Crippen MR) is 97.2 cm³/mol. The van der Waals surface area contributed by atoms with Gasteiger partial charge in [-0.15, -0.1) is 0 Å². The van der Waals surface area contributed by atoms with Gasteiger partial charge >= 0.3 is 0 Å². The zero-order valence-corrected chi connectivity index (χ0v) is 13.9. The van der Waals surface area contributed by atoms with Gasteiger partial charge in [0.25, 0.3) is 5.91 Å². The number of para-hydroxylation sites is 1. The van der Waals surface area contributed by atoms with Gasteiger partial charge in [-0.2, -0.15) is 5.26 Å². The summed E-state index contributed by atoms with van der Waals surface area (Å²) in [5.74, 6) is 0.186. The van der Waals surface area contributed by atoms with Crippen LogP contribution in [0.2, 0.25) is 0 Å². The van der Waals surface area contributed by atoms with Gasteiger partial charge < -0.3 is 10.1 Å². The molecule has 0 saturated heterocycles. The minimum Gasteiger partial charge on any atom is -0.482 e. The lowest BCUT2D eigenvalue weighted by Crippen LogP contribution is -2.31. The van der Waals surface area contributed by atoms with E-state index in [-0.39, 0.29) is 18.6 Å². The van der Waals surface area contributed by atoms with E-state index < -0.39 is 0 Å². The molecule has 124 valence electrons. The van der Waals surface area contributed by atoms with E-state index in [1.54, 1.807) is 24.3 Å². The number of carbonyl (C=O) groups excluding carboxylic acids is 1. The molecule has 0 bridgehead atoms. The van der Waals surface area contributed by atoms with Crippen LogP contribution in [0.5, 0.6) is 5.75 Å². The number of fused-ring (bicyclic) bond motifs is 1. The highest BCUT2D eigenvalue weighted by Crippen LogP contribution is 2.24. The molecular weight excluding hydrogens is 312 g/mol. The molecule has 3 aromatic carbocycles. The first-order chi connectivity index (χ1) is 12.2. The van der Waals surface area contributed by atoms with Gasteiger partial charge in [-0.05, 0) is 35.4 Å². The third-order valence-corrected chi connectivity index (χ3v) is 4.03. The zero-order valence-electron chi connectivity index (χ0n) is 13.9. The summed E-state index contributed by atoms with van der Waals surface area (Å²) in [5, 5.41) is 14.3. The maximum atomic E-state index is 12.2. The summed E-state index contributed by atoms with van der Waals surface area (Å²) in [6, 6.07) is 22.9. The predicted octanol–water partition coefficient (Wildman–Crippen LogP) is 3.97. The second-order valence-corrected chi connectivity index (χ2v) is 5.75. The van der Waals surface area contributed by atoms with Gasteiger partial charge in [0.2, 0.25) is 0 Å². The van der Waals surface area contributed by atoms with Crippen molar-refractivity contribution in [2.75, 3.05) is 6.61 Å². The van der Waals surface area contributed by atoms with Gasteiger partial charge in [0.05, 0.1) is 11.6 Å². The van der Waals surface area contributed by atoms with Crippen LogP contribution in [0.3, 0.4) is 0 Å². The number of amides is 1. The smallest absolute Gasteiger partial charge is 0.258 e. The van der Waals surface area contributed by atoms with E-state index in [9.17, 15) is 4.79 Å². The van der Waals surface area contributed by atoms with Crippen molar-refractivity contribution in [3.63, 3.8) is 0 Å². The highest BCUT2D eigenvalue weighted by molar-refractivity contribution is 5.87. The number of rotatable bonds is 5. The second kappa shape index (κ2) is 7.50. The Balaban J connectivity index is 1.67. The first-order valence-corrected chi connectivity index (χ1v) is 8.08. The molecule has 4 nitrogen and oxygen atoms in total. The lowest BCUT2D eigenvalue weighted by Gasteiger charge is -2.17. The van der Waals surface area contributed by atoms with Crippen molar-refractivity contribution in [2.24, 2.45) is 0 Å². The number of carbonyl (C=O) groups is 1. The number of nitrogens with one attached hydrogen (secondary N) is 1. The van der Waals surface area contributed by atoms with Crippen molar-refractivity contribution < 1.29 is 9.53 Å². The van der Waals surface area contributed by atoms with Crippen LogP contribution in [0.15, 0.2) is 66.7 Å². The molecule has 0 heterocycles. The highest BCUT2D eigenvalue weighted by atomic mass is 16.5. The summed E-state index contributed by atoms with van der Waals surface area (Å²) < 4.78 is 5.48. The summed E-state index contributed by atoms with van der Waals surface area (Å²) in [7, 11) is 0. The van der Waals surface area contributed by atoms with E-state index in [4.69, 9.17) is 10.00 Å². The van der Waals surface area contributed by atoms with Gasteiger partial charge in [0.15, 0.2) is 6.61 Å². The van der Waals surface area contributed by atoms with Crippen molar-refractivity contribution in [3.8, 4) is 11.8 Å². The molecule has 0 aromatic heterocycles. The van der Waals surface area contributed by atoms with Gasteiger partial charge in [-0.25, -0.2) is 0 Å². The molecule has 3 aromatic rings. The topological polar surface area (TPSA) is 62.1 Å². The Kier molecular flexibility index (Phi) is 4.96. The van der Waals surface area contributed by atoms with Gasteiger partial charge in [-0.3, -0.25) is 4.79 Å². The average molecular weight is 330 g/mol. The monoisotopic (exact) mass is 330 g/mol. The van der Waals surface area contributed by atoms with E-state index in [1.807, 2.05) is 43.3 Å². The minimum absolute atomic E-state index is 0.131.